The van der Waals surface area contributed by atoms with Crippen molar-refractivity contribution in [3.63, 3.8) is 0 Å². The van der Waals surface area contributed by atoms with Gasteiger partial charge in [0.05, 0.1) is 4.70 Å². The third-order valence-corrected chi connectivity index (χ3v) is 7.42. The Hall–Kier alpha value is -1.98. The number of likely N-dealkylation sites (tertiary alicyclic amines) is 1. The van der Waals surface area contributed by atoms with Crippen molar-refractivity contribution in [2.75, 3.05) is 20.1 Å². The van der Waals surface area contributed by atoms with Crippen LogP contribution in [0.2, 0.25) is 0 Å². The number of hydrogen-bond acceptors (Lipinski definition) is 5. The minimum absolute atomic E-state index is 0.410. The zero-order chi connectivity index (χ0) is 18.5. The van der Waals surface area contributed by atoms with Gasteiger partial charge in [-0.1, -0.05) is 6.07 Å². The lowest BCUT2D eigenvalue weighted by molar-refractivity contribution is 0.251. The van der Waals surface area contributed by atoms with Gasteiger partial charge in [0.15, 0.2) is 0 Å². The molecule has 140 valence electrons. The van der Waals surface area contributed by atoms with Crippen molar-refractivity contribution >= 4 is 21.6 Å². The lowest BCUT2D eigenvalue weighted by atomic mass is 9.91. The first-order valence-electron chi connectivity index (χ1n) is 9.90. The summed E-state index contributed by atoms with van der Waals surface area (Å²) in [6, 6.07) is 4.17. The van der Waals surface area contributed by atoms with Crippen LogP contribution in [0, 0.1) is 6.92 Å². The van der Waals surface area contributed by atoms with E-state index in [4.69, 9.17) is 0 Å². The molecule has 3 heterocycles. The molecule has 5 heteroatoms. The summed E-state index contributed by atoms with van der Waals surface area (Å²) >= 11 is 1.77. The second-order valence-electron chi connectivity index (χ2n) is 8.10. The average Bonchev–Trinajstić information content (AvgIpc) is 3.30. The van der Waals surface area contributed by atoms with E-state index < -0.39 is 0 Å². The van der Waals surface area contributed by atoms with Crippen LogP contribution in [0.15, 0.2) is 17.5 Å². The Morgan fingerprint density at radius 3 is 2.93 bits per heavy atom. The molecule has 27 heavy (non-hydrogen) atoms. The van der Waals surface area contributed by atoms with Gasteiger partial charge in [-0.2, -0.15) is 0 Å². The van der Waals surface area contributed by atoms with Gasteiger partial charge in [0.25, 0.3) is 0 Å². The molecule has 1 aliphatic heterocycles. The fraction of sp³-hybridized carbons (Fsp3) is 0.455. The van der Waals surface area contributed by atoms with Crippen LogP contribution in [0.1, 0.15) is 47.4 Å². The number of aryl methyl sites for hydroxylation is 2. The Balaban J connectivity index is 1.59. The van der Waals surface area contributed by atoms with Crippen LogP contribution < -0.4 is 0 Å². The number of thiophene rings is 1. The number of hydrogen-bond donors (Lipinski definition) is 1. The Morgan fingerprint density at radius 2 is 2.07 bits per heavy atom. The number of phenols is 1. The molecule has 0 amide bonds. The molecular formula is C22H25N3OS. The Morgan fingerprint density at radius 1 is 1.19 bits per heavy atom. The molecule has 0 spiro atoms. The average molecular weight is 380 g/mol. The number of likely N-dealkylation sites (N-methyl/N-ethyl adjacent to an activating group) is 1. The molecule has 1 fully saturated rings. The Labute approximate surface area is 163 Å². The minimum Gasteiger partial charge on any atom is -0.507 e. The van der Waals surface area contributed by atoms with Gasteiger partial charge in [-0.15, -0.1) is 21.5 Å². The molecule has 0 unspecified atom stereocenters. The van der Waals surface area contributed by atoms with Crippen molar-refractivity contribution in [3.8, 4) is 17.0 Å². The van der Waals surface area contributed by atoms with Crippen molar-refractivity contribution in [1.29, 1.82) is 0 Å². The highest BCUT2D eigenvalue weighted by atomic mass is 32.1. The molecule has 3 aromatic rings. The van der Waals surface area contributed by atoms with Gasteiger partial charge in [0, 0.05) is 12.1 Å². The van der Waals surface area contributed by atoms with E-state index in [2.05, 4.69) is 40.5 Å². The van der Waals surface area contributed by atoms with Crippen LogP contribution in [0.4, 0.5) is 0 Å². The van der Waals surface area contributed by atoms with E-state index in [1.54, 1.807) is 11.3 Å². The number of nitrogens with zero attached hydrogens (tertiary/aromatic N) is 3. The summed E-state index contributed by atoms with van der Waals surface area (Å²) in [4.78, 5) is 2.41. The fourth-order valence-electron chi connectivity index (χ4n) is 4.82. The number of fused-ring (bicyclic) bond motifs is 2. The van der Waals surface area contributed by atoms with Crippen LogP contribution >= 0.6 is 11.3 Å². The molecule has 0 bridgehead atoms. The van der Waals surface area contributed by atoms with E-state index >= 15 is 0 Å². The largest absolute Gasteiger partial charge is 0.507 e. The van der Waals surface area contributed by atoms with Crippen LogP contribution in [0.3, 0.4) is 0 Å². The van der Waals surface area contributed by atoms with Gasteiger partial charge in [-0.25, -0.2) is 0 Å². The van der Waals surface area contributed by atoms with Crippen LogP contribution in [-0.4, -0.2) is 40.3 Å². The molecule has 1 aliphatic carbocycles. The van der Waals surface area contributed by atoms with E-state index in [0.717, 1.165) is 53.7 Å². The number of piperidine rings is 1. The van der Waals surface area contributed by atoms with E-state index in [1.165, 1.54) is 35.2 Å². The first-order chi connectivity index (χ1) is 13.1. The highest BCUT2D eigenvalue weighted by Crippen LogP contribution is 2.42. The highest BCUT2D eigenvalue weighted by molar-refractivity contribution is 7.17. The summed E-state index contributed by atoms with van der Waals surface area (Å²) in [6.07, 6.45) is 5.62. The molecule has 1 N–H and O–H groups in total. The van der Waals surface area contributed by atoms with Crippen LogP contribution in [-0.2, 0) is 12.8 Å². The fourth-order valence-corrected chi connectivity index (χ4v) is 5.91. The van der Waals surface area contributed by atoms with Gasteiger partial charge in [0.2, 0.25) is 0 Å². The first kappa shape index (κ1) is 17.1. The standard InChI is InChI=1S/C22H25N3OS/c1-13-19(17-9-8-14-5-3-7-16(14)21(17)26)23-24-20-18(12-27-22(13)20)15-6-4-10-25(2)11-15/h8-9,12,15,26H,3-7,10-11H2,1-2H3/t15-/m0/s1. The summed E-state index contributed by atoms with van der Waals surface area (Å²) in [6.45, 7) is 4.40. The van der Waals surface area contributed by atoms with Gasteiger partial charge >= 0.3 is 0 Å². The van der Waals surface area contributed by atoms with E-state index in [-0.39, 0.29) is 0 Å². The maximum Gasteiger partial charge on any atom is 0.128 e. The number of benzene rings is 1. The van der Waals surface area contributed by atoms with Crippen LogP contribution in [0.5, 0.6) is 5.75 Å². The summed E-state index contributed by atoms with van der Waals surface area (Å²) in [5.74, 6) is 0.956. The quantitative estimate of drug-likeness (QED) is 0.703. The molecule has 1 atom stereocenters. The molecule has 0 saturated carbocycles. The van der Waals surface area contributed by atoms with Gasteiger partial charge < -0.3 is 10.0 Å². The lowest BCUT2D eigenvalue weighted by Gasteiger charge is -2.29. The predicted molar refractivity (Wildman–Crippen MR) is 111 cm³/mol. The number of aromatic nitrogens is 2. The lowest BCUT2D eigenvalue weighted by Crippen LogP contribution is -2.30. The third-order valence-electron chi connectivity index (χ3n) is 6.31. The summed E-state index contributed by atoms with van der Waals surface area (Å²) in [7, 11) is 2.20. The third kappa shape index (κ3) is 2.75. The topological polar surface area (TPSA) is 49.3 Å². The maximum atomic E-state index is 10.8. The summed E-state index contributed by atoms with van der Waals surface area (Å²) in [5.41, 5.74) is 7.57. The van der Waals surface area contributed by atoms with E-state index in [0.29, 0.717) is 11.7 Å². The smallest absolute Gasteiger partial charge is 0.128 e. The monoisotopic (exact) mass is 379 g/mol. The minimum atomic E-state index is 0.410. The molecule has 2 aliphatic rings. The number of aromatic hydroxyl groups is 1. The molecule has 5 rings (SSSR count). The second-order valence-corrected chi connectivity index (χ2v) is 8.98. The molecule has 1 saturated heterocycles. The second kappa shape index (κ2) is 6.57. The van der Waals surface area contributed by atoms with Crippen molar-refractivity contribution in [2.45, 2.75) is 44.9 Å². The first-order valence-corrected chi connectivity index (χ1v) is 10.8. The van der Waals surface area contributed by atoms with E-state index in [1.807, 2.05) is 6.07 Å². The van der Waals surface area contributed by atoms with Gasteiger partial charge in [-0.05, 0) is 92.2 Å². The van der Waals surface area contributed by atoms with Crippen molar-refractivity contribution < 1.29 is 5.11 Å². The molecule has 2 aromatic heterocycles. The Kier molecular flexibility index (Phi) is 4.17. The number of phenolic OH excluding ortho intramolecular Hbond substituents is 1. The number of rotatable bonds is 2. The zero-order valence-electron chi connectivity index (χ0n) is 16.0. The van der Waals surface area contributed by atoms with Gasteiger partial charge in [0.1, 0.15) is 17.0 Å². The summed E-state index contributed by atoms with van der Waals surface area (Å²) < 4.78 is 1.21. The molecule has 1 aromatic carbocycles. The predicted octanol–water partition coefficient (Wildman–Crippen LogP) is 4.67. The van der Waals surface area contributed by atoms with Crippen molar-refractivity contribution in [1.82, 2.24) is 15.1 Å². The maximum absolute atomic E-state index is 10.8. The summed E-state index contributed by atoms with van der Waals surface area (Å²) in [5, 5.41) is 22.3. The molecule has 4 nitrogen and oxygen atoms in total. The van der Waals surface area contributed by atoms with Gasteiger partial charge in [-0.3, -0.25) is 0 Å². The SMILES string of the molecule is Cc1c(-c2ccc3c(c2O)CCC3)nnc2c([C@H]3CCCN(C)C3)csc12. The van der Waals surface area contributed by atoms with Crippen molar-refractivity contribution in [2.24, 2.45) is 0 Å². The van der Waals surface area contributed by atoms with Crippen LogP contribution in [0.25, 0.3) is 21.5 Å². The normalized spacial score (nSPS) is 20.3. The molecular weight excluding hydrogens is 354 g/mol. The Bertz CT molecular complexity index is 1030. The zero-order valence-corrected chi connectivity index (χ0v) is 16.8. The highest BCUT2D eigenvalue weighted by Gasteiger charge is 2.25. The van der Waals surface area contributed by atoms with E-state index in [9.17, 15) is 5.11 Å². The molecule has 0 radical (unpaired) electrons. The van der Waals surface area contributed by atoms with Crippen molar-refractivity contribution in [3.05, 3.63) is 39.8 Å².